The zero-order valence-corrected chi connectivity index (χ0v) is 8.95. The molecule has 13 heavy (non-hydrogen) atoms. The first kappa shape index (κ1) is 10.7. The summed E-state index contributed by atoms with van der Waals surface area (Å²) >= 11 is 0. The zero-order chi connectivity index (χ0) is 10.1. The van der Waals surface area contributed by atoms with Crippen molar-refractivity contribution >= 4 is 0 Å². The fourth-order valence-electron chi connectivity index (χ4n) is 2.18. The van der Waals surface area contributed by atoms with Crippen LogP contribution < -0.4 is 0 Å². The Morgan fingerprint density at radius 2 is 2.23 bits per heavy atom. The third kappa shape index (κ3) is 2.12. The van der Waals surface area contributed by atoms with E-state index in [1.54, 1.807) is 0 Å². The van der Waals surface area contributed by atoms with Gasteiger partial charge in [-0.1, -0.05) is 13.0 Å². The van der Waals surface area contributed by atoms with Crippen LogP contribution in [0.5, 0.6) is 0 Å². The van der Waals surface area contributed by atoms with E-state index < -0.39 is 5.60 Å². The van der Waals surface area contributed by atoms with Crippen LogP contribution in [0, 0.1) is 5.92 Å². The van der Waals surface area contributed by atoms with Crippen molar-refractivity contribution in [3.8, 4) is 0 Å². The van der Waals surface area contributed by atoms with Gasteiger partial charge in [0.05, 0.1) is 5.60 Å². The summed E-state index contributed by atoms with van der Waals surface area (Å²) in [5, 5.41) is 10.3. The van der Waals surface area contributed by atoms with Crippen molar-refractivity contribution in [2.75, 3.05) is 13.6 Å². The van der Waals surface area contributed by atoms with Crippen molar-refractivity contribution in [1.29, 1.82) is 0 Å². The third-order valence-corrected chi connectivity index (χ3v) is 3.38. The molecular weight excluding hydrogens is 162 g/mol. The van der Waals surface area contributed by atoms with Crippen molar-refractivity contribution in [2.24, 2.45) is 5.92 Å². The van der Waals surface area contributed by atoms with E-state index in [0.717, 1.165) is 13.0 Å². The molecule has 1 N–H and O–H groups in total. The zero-order valence-electron chi connectivity index (χ0n) is 8.95. The van der Waals surface area contributed by atoms with Crippen molar-refractivity contribution in [2.45, 2.75) is 38.3 Å². The van der Waals surface area contributed by atoms with Gasteiger partial charge in [-0.3, -0.25) is 0 Å². The summed E-state index contributed by atoms with van der Waals surface area (Å²) in [5.41, 5.74) is -0.520. The molecule has 3 atom stereocenters. The van der Waals surface area contributed by atoms with E-state index in [0.29, 0.717) is 18.4 Å². The van der Waals surface area contributed by atoms with Crippen LogP contribution >= 0.6 is 0 Å². The van der Waals surface area contributed by atoms with Crippen LogP contribution in [0.2, 0.25) is 0 Å². The normalized spacial score (nSPS) is 41.8. The summed E-state index contributed by atoms with van der Waals surface area (Å²) < 4.78 is 0. The number of hydrogen-bond acceptors (Lipinski definition) is 2. The van der Waals surface area contributed by atoms with Crippen LogP contribution in [0.3, 0.4) is 0 Å². The minimum absolute atomic E-state index is 0.340. The van der Waals surface area contributed by atoms with Gasteiger partial charge in [-0.05, 0) is 32.7 Å². The Balaban J connectivity index is 2.69. The molecular formula is C11H21NO. The topological polar surface area (TPSA) is 23.5 Å². The van der Waals surface area contributed by atoms with E-state index in [9.17, 15) is 5.11 Å². The average Bonchev–Trinajstić information content (AvgIpc) is 2.02. The molecule has 0 aliphatic carbocycles. The van der Waals surface area contributed by atoms with E-state index in [-0.39, 0.29) is 0 Å². The quantitative estimate of drug-likeness (QED) is 0.658. The van der Waals surface area contributed by atoms with E-state index in [4.69, 9.17) is 0 Å². The minimum atomic E-state index is -0.520. The van der Waals surface area contributed by atoms with Gasteiger partial charge in [-0.25, -0.2) is 0 Å². The minimum Gasteiger partial charge on any atom is -0.389 e. The maximum absolute atomic E-state index is 10.3. The molecule has 1 heterocycles. The molecule has 0 aromatic heterocycles. The molecule has 2 nitrogen and oxygen atoms in total. The van der Waals surface area contributed by atoms with E-state index >= 15 is 0 Å². The molecule has 0 radical (unpaired) electrons. The molecule has 0 spiro atoms. The molecule has 0 amide bonds. The van der Waals surface area contributed by atoms with Gasteiger partial charge in [0.2, 0.25) is 0 Å². The molecule has 0 unspecified atom stereocenters. The van der Waals surface area contributed by atoms with Gasteiger partial charge < -0.3 is 10.0 Å². The lowest BCUT2D eigenvalue weighted by molar-refractivity contribution is -0.0759. The Morgan fingerprint density at radius 1 is 1.62 bits per heavy atom. The summed E-state index contributed by atoms with van der Waals surface area (Å²) in [5.74, 6) is 0.340. The fourth-order valence-corrected chi connectivity index (χ4v) is 2.18. The van der Waals surface area contributed by atoms with Crippen LogP contribution in [0.15, 0.2) is 12.7 Å². The Kier molecular flexibility index (Phi) is 3.14. The predicted octanol–water partition coefficient (Wildman–Crippen LogP) is 1.65. The number of piperidine rings is 1. The first-order valence-electron chi connectivity index (χ1n) is 5.03. The first-order chi connectivity index (χ1) is 5.99. The van der Waals surface area contributed by atoms with Crippen LogP contribution in [-0.2, 0) is 0 Å². The van der Waals surface area contributed by atoms with Crippen LogP contribution in [0.4, 0.5) is 0 Å². The van der Waals surface area contributed by atoms with Gasteiger partial charge in [0.25, 0.3) is 0 Å². The van der Waals surface area contributed by atoms with Gasteiger partial charge in [-0.15, -0.1) is 6.58 Å². The fraction of sp³-hybridized carbons (Fsp3) is 0.818. The standard InChI is InChI=1S/C11H21NO/c1-5-6-11(13)7-10(3)12(4)8-9(11)2/h5,9-10,13H,1,6-8H2,2-4H3/t9-,10+,11+/m1/s1. The highest BCUT2D eigenvalue weighted by molar-refractivity contribution is 4.97. The van der Waals surface area contributed by atoms with Gasteiger partial charge in [0.15, 0.2) is 0 Å². The summed E-state index contributed by atoms with van der Waals surface area (Å²) in [4.78, 5) is 2.31. The summed E-state index contributed by atoms with van der Waals surface area (Å²) in [6, 6.07) is 0.473. The number of hydrogen-bond donors (Lipinski definition) is 1. The Bertz CT molecular complexity index is 193. The van der Waals surface area contributed by atoms with Crippen LogP contribution in [-0.4, -0.2) is 35.2 Å². The molecule has 0 bridgehead atoms. The highest BCUT2D eigenvalue weighted by Gasteiger charge is 2.39. The molecule has 1 rings (SSSR count). The lowest BCUT2D eigenvalue weighted by Crippen LogP contribution is -2.53. The van der Waals surface area contributed by atoms with Gasteiger partial charge in [0.1, 0.15) is 0 Å². The highest BCUT2D eigenvalue weighted by Crippen LogP contribution is 2.33. The van der Waals surface area contributed by atoms with Crippen molar-refractivity contribution in [3.05, 3.63) is 12.7 Å². The molecule has 1 aliphatic rings. The Morgan fingerprint density at radius 3 is 2.77 bits per heavy atom. The third-order valence-electron chi connectivity index (χ3n) is 3.38. The molecule has 1 saturated heterocycles. The largest absolute Gasteiger partial charge is 0.389 e. The Labute approximate surface area is 81.2 Å². The maximum atomic E-state index is 10.3. The molecule has 76 valence electrons. The van der Waals surface area contributed by atoms with Gasteiger partial charge >= 0.3 is 0 Å². The second-order valence-electron chi connectivity index (χ2n) is 4.49. The molecule has 1 aliphatic heterocycles. The maximum Gasteiger partial charge on any atom is 0.0734 e. The number of rotatable bonds is 2. The van der Waals surface area contributed by atoms with E-state index in [1.807, 2.05) is 6.08 Å². The van der Waals surface area contributed by atoms with Crippen LogP contribution in [0.25, 0.3) is 0 Å². The predicted molar refractivity (Wildman–Crippen MR) is 55.6 cm³/mol. The molecule has 1 fully saturated rings. The number of aliphatic hydroxyl groups is 1. The SMILES string of the molecule is C=CC[C@]1(O)C[C@H](C)N(C)C[C@H]1C. The molecule has 0 aromatic rings. The lowest BCUT2D eigenvalue weighted by atomic mass is 9.77. The monoisotopic (exact) mass is 183 g/mol. The number of nitrogens with zero attached hydrogens (tertiary/aromatic N) is 1. The molecule has 0 aromatic carbocycles. The van der Waals surface area contributed by atoms with Crippen molar-refractivity contribution in [1.82, 2.24) is 4.90 Å². The van der Waals surface area contributed by atoms with Crippen molar-refractivity contribution < 1.29 is 5.11 Å². The van der Waals surface area contributed by atoms with E-state index in [1.165, 1.54) is 0 Å². The smallest absolute Gasteiger partial charge is 0.0734 e. The second-order valence-corrected chi connectivity index (χ2v) is 4.49. The highest BCUT2D eigenvalue weighted by atomic mass is 16.3. The van der Waals surface area contributed by atoms with Gasteiger partial charge in [-0.2, -0.15) is 0 Å². The number of likely N-dealkylation sites (tertiary alicyclic amines) is 1. The lowest BCUT2D eigenvalue weighted by Gasteiger charge is -2.45. The molecule has 0 saturated carbocycles. The average molecular weight is 183 g/mol. The van der Waals surface area contributed by atoms with Crippen molar-refractivity contribution in [3.63, 3.8) is 0 Å². The van der Waals surface area contributed by atoms with Crippen LogP contribution in [0.1, 0.15) is 26.7 Å². The van der Waals surface area contributed by atoms with E-state index in [2.05, 4.69) is 32.4 Å². The Hall–Kier alpha value is -0.340. The molecule has 2 heteroatoms. The summed E-state index contributed by atoms with van der Waals surface area (Å²) in [7, 11) is 2.12. The second kappa shape index (κ2) is 3.81. The summed E-state index contributed by atoms with van der Waals surface area (Å²) in [6.07, 6.45) is 3.40. The summed E-state index contributed by atoms with van der Waals surface area (Å²) in [6.45, 7) is 8.97. The van der Waals surface area contributed by atoms with Gasteiger partial charge in [0, 0.05) is 12.6 Å². The first-order valence-corrected chi connectivity index (χ1v) is 5.03.